The number of ether oxygens (including phenoxy) is 1. The number of Topliss-reactive ketones (excluding diaryl/α,β-unsaturated/α-hetero) is 1. The van der Waals surface area contributed by atoms with Gasteiger partial charge in [0.05, 0.1) is 0 Å². The van der Waals surface area contributed by atoms with Gasteiger partial charge in [-0.3, -0.25) is 9.59 Å². The molecule has 0 aliphatic heterocycles. The van der Waals surface area contributed by atoms with Crippen molar-refractivity contribution in [2.24, 2.45) is 0 Å². The fourth-order valence-corrected chi connectivity index (χ4v) is 2.54. The Morgan fingerprint density at radius 1 is 1.19 bits per heavy atom. The van der Waals surface area contributed by atoms with E-state index in [-0.39, 0.29) is 12.4 Å². The molecule has 2 rings (SSSR count). The van der Waals surface area contributed by atoms with Gasteiger partial charge in [0.15, 0.2) is 6.61 Å². The van der Waals surface area contributed by atoms with Crippen LogP contribution in [0.1, 0.15) is 28.7 Å². The molecule has 0 amide bonds. The summed E-state index contributed by atoms with van der Waals surface area (Å²) in [6.07, 6.45) is 0. The molecule has 1 heterocycles. The molecule has 0 aliphatic rings. The number of carbonyl (C=O) groups is 2. The predicted octanol–water partition coefficient (Wildman–Crippen LogP) is 3.60. The van der Waals surface area contributed by atoms with Gasteiger partial charge in [-0.05, 0) is 44.2 Å². The third-order valence-electron chi connectivity index (χ3n) is 3.22. The Hall–Kier alpha value is -1.88. The average Bonchev–Trinajstić information content (AvgIpc) is 2.73. The maximum absolute atomic E-state index is 12.1. The summed E-state index contributed by atoms with van der Waals surface area (Å²) in [5.41, 5.74) is 3.37. The van der Waals surface area contributed by atoms with Crippen molar-refractivity contribution in [2.45, 2.75) is 20.8 Å². The van der Waals surface area contributed by atoms with Crippen molar-refractivity contribution in [2.75, 3.05) is 6.61 Å². The van der Waals surface area contributed by atoms with E-state index in [1.165, 1.54) is 6.92 Å². The third kappa shape index (κ3) is 3.42. The van der Waals surface area contributed by atoms with Crippen molar-refractivity contribution in [1.82, 2.24) is 4.57 Å². The summed E-state index contributed by atoms with van der Waals surface area (Å²) in [4.78, 5) is 22.9. The molecule has 0 saturated heterocycles. The maximum Gasteiger partial charge on any atom is 0.303 e. The monoisotopic (exact) mass is 349 g/mol. The van der Waals surface area contributed by atoms with Crippen LogP contribution < -0.4 is 0 Å². The van der Waals surface area contributed by atoms with Crippen LogP contribution >= 0.6 is 15.9 Å². The van der Waals surface area contributed by atoms with E-state index in [9.17, 15) is 9.59 Å². The van der Waals surface area contributed by atoms with Crippen LogP contribution in [0.4, 0.5) is 0 Å². The van der Waals surface area contributed by atoms with Gasteiger partial charge in [0.2, 0.25) is 5.78 Å². The number of aryl methyl sites for hydroxylation is 1. The smallest absolute Gasteiger partial charge is 0.303 e. The summed E-state index contributed by atoms with van der Waals surface area (Å²) in [6, 6.07) is 9.68. The van der Waals surface area contributed by atoms with Gasteiger partial charge in [0, 0.05) is 34.0 Å². The molecule has 0 unspecified atom stereocenters. The van der Waals surface area contributed by atoms with Crippen molar-refractivity contribution >= 4 is 27.7 Å². The van der Waals surface area contributed by atoms with Crippen LogP contribution in [0.3, 0.4) is 0 Å². The minimum atomic E-state index is -0.454. The minimum Gasteiger partial charge on any atom is -0.457 e. The van der Waals surface area contributed by atoms with E-state index in [2.05, 4.69) is 15.9 Å². The number of esters is 1. The van der Waals surface area contributed by atoms with E-state index in [0.29, 0.717) is 5.56 Å². The fraction of sp³-hybridized carbons (Fsp3) is 0.250. The maximum atomic E-state index is 12.1. The van der Waals surface area contributed by atoms with Gasteiger partial charge in [-0.2, -0.15) is 0 Å². The number of benzene rings is 1. The number of halogens is 1. The highest BCUT2D eigenvalue weighted by Gasteiger charge is 2.17. The Bertz CT molecular complexity index is 686. The normalized spacial score (nSPS) is 10.5. The molecule has 0 bridgehead atoms. The van der Waals surface area contributed by atoms with Crippen LogP contribution in [0.15, 0.2) is 34.8 Å². The molecule has 0 radical (unpaired) electrons. The van der Waals surface area contributed by atoms with Crippen LogP contribution in [0, 0.1) is 13.8 Å². The molecule has 2 aromatic rings. The number of rotatable bonds is 4. The van der Waals surface area contributed by atoms with Crippen LogP contribution in [0.2, 0.25) is 0 Å². The van der Waals surface area contributed by atoms with E-state index in [0.717, 1.165) is 21.5 Å². The lowest BCUT2D eigenvalue weighted by atomic mass is 10.1. The van der Waals surface area contributed by atoms with E-state index in [1.807, 2.05) is 48.7 Å². The summed E-state index contributed by atoms with van der Waals surface area (Å²) in [5.74, 6) is -0.647. The van der Waals surface area contributed by atoms with E-state index in [4.69, 9.17) is 4.74 Å². The molecule has 0 fully saturated rings. The van der Waals surface area contributed by atoms with Gasteiger partial charge < -0.3 is 9.30 Å². The summed E-state index contributed by atoms with van der Waals surface area (Å²) in [6.45, 7) is 4.89. The summed E-state index contributed by atoms with van der Waals surface area (Å²) in [5, 5.41) is 0. The number of hydrogen-bond acceptors (Lipinski definition) is 3. The number of carbonyl (C=O) groups excluding carboxylic acids is 2. The Morgan fingerprint density at radius 2 is 1.81 bits per heavy atom. The lowest BCUT2D eigenvalue weighted by Crippen LogP contribution is -2.12. The molecule has 110 valence electrons. The first-order chi connectivity index (χ1) is 9.90. The molecule has 0 saturated carbocycles. The lowest BCUT2D eigenvalue weighted by Gasteiger charge is -2.10. The fourth-order valence-electron chi connectivity index (χ4n) is 2.28. The SMILES string of the molecule is CC(=O)OCC(=O)c1cc(C)n(-c2ccc(Br)cc2)c1C. The van der Waals surface area contributed by atoms with Crippen molar-refractivity contribution in [3.05, 3.63) is 51.8 Å². The van der Waals surface area contributed by atoms with Gasteiger partial charge in [-0.25, -0.2) is 0 Å². The zero-order valence-corrected chi connectivity index (χ0v) is 13.7. The lowest BCUT2D eigenvalue weighted by molar-refractivity contribution is -0.139. The standard InChI is InChI=1S/C16H16BrNO3/c1-10-8-15(16(20)9-21-12(3)19)11(2)18(10)14-6-4-13(17)5-7-14/h4-8H,9H2,1-3H3. The van der Waals surface area contributed by atoms with Crippen LogP contribution in [-0.2, 0) is 9.53 Å². The average molecular weight is 350 g/mol. The zero-order valence-electron chi connectivity index (χ0n) is 12.1. The molecule has 1 aromatic heterocycles. The van der Waals surface area contributed by atoms with Crippen LogP contribution in [0.5, 0.6) is 0 Å². The van der Waals surface area contributed by atoms with Crippen molar-refractivity contribution in [3.63, 3.8) is 0 Å². The topological polar surface area (TPSA) is 48.3 Å². The number of nitrogens with zero attached hydrogens (tertiary/aromatic N) is 1. The first-order valence-corrected chi connectivity index (χ1v) is 7.31. The zero-order chi connectivity index (χ0) is 15.6. The highest BCUT2D eigenvalue weighted by molar-refractivity contribution is 9.10. The molecule has 4 nitrogen and oxygen atoms in total. The highest BCUT2D eigenvalue weighted by atomic mass is 79.9. The Kier molecular flexibility index (Phi) is 4.63. The van der Waals surface area contributed by atoms with Crippen molar-refractivity contribution in [1.29, 1.82) is 0 Å². The molecular formula is C16H16BrNO3. The summed E-state index contributed by atoms with van der Waals surface area (Å²) in [7, 11) is 0. The number of hydrogen-bond donors (Lipinski definition) is 0. The summed E-state index contributed by atoms with van der Waals surface area (Å²) >= 11 is 3.41. The van der Waals surface area contributed by atoms with E-state index < -0.39 is 5.97 Å². The molecule has 5 heteroatoms. The van der Waals surface area contributed by atoms with Gasteiger partial charge >= 0.3 is 5.97 Å². The molecule has 21 heavy (non-hydrogen) atoms. The molecule has 0 aliphatic carbocycles. The number of aromatic nitrogens is 1. The van der Waals surface area contributed by atoms with Gasteiger partial charge in [0.1, 0.15) is 0 Å². The van der Waals surface area contributed by atoms with Crippen molar-refractivity contribution in [3.8, 4) is 5.69 Å². The van der Waals surface area contributed by atoms with Crippen molar-refractivity contribution < 1.29 is 14.3 Å². The molecular weight excluding hydrogens is 334 g/mol. The molecule has 0 spiro atoms. The second-order valence-corrected chi connectivity index (χ2v) is 5.72. The quantitative estimate of drug-likeness (QED) is 0.625. The highest BCUT2D eigenvalue weighted by Crippen LogP contribution is 2.22. The van der Waals surface area contributed by atoms with E-state index in [1.54, 1.807) is 0 Å². The Balaban J connectivity index is 2.35. The molecule has 0 N–H and O–H groups in total. The Labute approximate surface area is 131 Å². The van der Waals surface area contributed by atoms with Gasteiger partial charge in [0.25, 0.3) is 0 Å². The second-order valence-electron chi connectivity index (χ2n) is 4.80. The number of ketones is 1. The van der Waals surface area contributed by atoms with Crippen LogP contribution in [-0.4, -0.2) is 22.9 Å². The Morgan fingerprint density at radius 3 is 2.38 bits per heavy atom. The van der Waals surface area contributed by atoms with E-state index >= 15 is 0 Å². The molecule has 1 aromatic carbocycles. The van der Waals surface area contributed by atoms with Crippen LogP contribution in [0.25, 0.3) is 5.69 Å². The van der Waals surface area contributed by atoms with Gasteiger partial charge in [-0.15, -0.1) is 0 Å². The first kappa shape index (κ1) is 15.5. The van der Waals surface area contributed by atoms with Gasteiger partial charge in [-0.1, -0.05) is 15.9 Å². The molecule has 0 atom stereocenters. The summed E-state index contributed by atoms with van der Waals surface area (Å²) < 4.78 is 7.79. The second kappa shape index (κ2) is 6.26. The minimum absolute atomic E-state index is 0.193. The third-order valence-corrected chi connectivity index (χ3v) is 3.75. The predicted molar refractivity (Wildman–Crippen MR) is 83.9 cm³/mol. The first-order valence-electron chi connectivity index (χ1n) is 6.51. The largest absolute Gasteiger partial charge is 0.457 e.